The van der Waals surface area contributed by atoms with Crippen LogP contribution >= 0.6 is 0 Å². The van der Waals surface area contributed by atoms with Gasteiger partial charge < -0.3 is 10.5 Å². The first-order valence-corrected chi connectivity index (χ1v) is 7.61. The molecule has 6 heteroatoms. The van der Waals surface area contributed by atoms with Gasteiger partial charge in [-0.25, -0.2) is 9.97 Å². The van der Waals surface area contributed by atoms with E-state index in [1.807, 2.05) is 44.4 Å². The Morgan fingerprint density at radius 3 is 2.48 bits per heavy atom. The van der Waals surface area contributed by atoms with Crippen molar-refractivity contribution in [3.05, 3.63) is 60.4 Å². The Labute approximate surface area is 138 Å². The Morgan fingerprint density at radius 2 is 1.74 bits per heavy atom. The van der Waals surface area contributed by atoms with Gasteiger partial charge in [-0.1, -0.05) is 41.9 Å². The Morgan fingerprint density at radius 1 is 0.957 bits per heavy atom. The smallest absolute Gasteiger partial charge is 0.213 e. The summed E-state index contributed by atoms with van der Waals surface area (Å²) in [6.07, 6.45) is 1.59. The number of anilines is 3. The van der Waals surface area contributed by atoms with Gasteiger partial charge in [0.2, 0.25) is 7.98 Å². The number of benzene rings is 2. The fourth-order valence-corrected chi connectivity index (χ4v) is 2.59. The zero-order valence-corrected chi connectivity index (χ0v) is 13.6. The summed E-state index contributed by atoms with van der Waals surface area (Å²) in [4.78, 5) is 8.69. The van der Waals surface area contributed by atoms with E-state index < -0.39 is 0 Å². The molecular weight excluding hydrogens is 282 g/mol. The van der Waals surface area contributed by atoms with E-state index in [4.69, 9.17) is 0 Å². The van der Waals surface area contributed by atoms with Crippen LogP contribution in [0.25, 0.3) is 11.3 Å². The van der Waals surface area contributed by atoms with Gasteiger partial charge in [-0.3, -0.25) is 0 Å². The minimum atomic E-state index is 0.785. The molecule has 2 aromatic carbocycles. The molecule has 3 aromatic rings. The van der Waals surface area contributed by atoms with Gasteiger partial charge in [0.05, 0.1) is 5.69 Å². The van der Waals surface area contributed by atoms with Gasteiger partial charge in [0.25, 0.3) is 0 Å². The molecular formula is C17H18B2N4. The monoisotopic (exact) mass is 300 g/mol. The van der Waals surface area contributed by atoms with Crippen LogP contribution < -0.4 is 16.0 Å². The maximum Gasteiger partial charge on any atom is 0.213 e. The van der Waals surface area contributed by atoms with E-state index in [1.54, 1.807) is 6.33 Å². The van der Waals surface area contributed by atoms with Crippen molar-refractivity contribution in [2.24, 2.45) is 0 Å². The van der Waals surface area contributed by atoms with Crippen molar-refractivity contribution >= 4 is 38.5 Å². The van der Waals surface area contributed by atoms with Crippen molar-refractivity contribution in [2.75, 3.05) is 10.5 Å². The normalized spacial score (nSPS) is 10.3. The van der Waals surface area contributed by atoms with E-state index in [0.717, 1.165) is 28.5 Å². The number of rotatable bonds is 4. The number of hydrogen-bond acceptors (Lipinski definition) is 4. The van der Waals surface area contributed by atoms with Crippen LogP contribution in [-0.2, 0) is 0 Å². The molecule has 0 amide bonds. The van der Waals surface area contributed by atoms with Gasteiger partial charge in [-0.2, -0.15) is 0 Å². The summed E-state index contributed by atoms with van der Waals surface area (Å²) >= 11 is 0. The minimum Gasteiger partial charge on any atom is -0.434 e. The summed E-state index contributed by atoms with van der Waals surface area (Å²) in [6.45, 7) is 2.10. The summed E-state index contributed by atoms with van der Waals surface area (Å²) in [5.41, 5.74) is 6.54. The molecule has 1 aromatic heterocycles. The largest absolute Gasteiger partial charge is 0.434 e. The van der Waals surface area contributed by atoms with Crippen LogP contribution in [0.5, 0.6) is 0 Å². The third-order valence-electron chi connectivity index (χ3n) is 3.84. The molecule has 112 valence electrons. The van der Waals surface area contributed by atoms with Gasteiger partial charge in [0.15, 0.2) is 0 Å². The van der Waals surface area contributed by atoms with E-state index in [2.05, 4.69) is 47.4 Å². The summed E-state index contributed by atoms with van der Waals surface area (Å²) < 4.78 is 0. The van der Waals surface area contributed by atoms with Crippen LogP contribution in [0.15, 0.2) is 54.9 Å². The fourth-order valence-electron chi connectivity index (χ4n) is 2.59. The van der Waals surface area contributed by atoms with E-state index in [0.29, 0.717) is 0 Å². The molecule has 0 radical (unpaired) electrons. The highest BCUT2D eigenvalue weighted by Crippen LogP contribution is 2.22. The topological polar surface area (TPSA) is 49.8 Å². The lowest BCUT2D eigenvalue weighted by molar-refractivity contribution is 1.17. The first-order chi connectivity index (χ1) is 11.2. The molecule has 0 fully saturated rings. The summed E-state index contributed by atoms with van der Waals surface area (Å²) in [6, 6.07) is 16.3. The third kappa shape index (κ3) is 3.37. The standard InChI is InChI=1S/C17H18B2N4/c1-11-7-13(18)16(8-14(11)23-19)22-17-9-15(20-10-21-17)12-5-3-2-4-6-12/h2-10,23H,18-19H2,1H3,(H,20,21,22). The van der Waals surface area contributed by atoms with Gasteiger partial charge in [0, 0.05) is 23.0 Å². The van der Waals surface area contributed by atoms with Crippen LogP contribution in [0, 0.1) is 6.92 Å². The van der Waals surface area contributed by atoms with Crippen molar-refractivity contribution in [1.82, 2.24) is 9.97 Å². The number of nitrogens with one attached hydrogen (secondary N) is 2. The first-order valence-electron chi connectivity index (χ1n) is 7.61. The number of nitrogens with zero attached hydrogens (tertiary/aromatic N) is 2. The summed E-state index contributed by atoms with van der Waals surface area (Å²) in [5, 5.41) is 6.61. The molecule has 0 aliphatic heterocycles. The fraction of sp³-hybridized carbons (Fsp3) is 0.0588. The summed E-state index contributed by atoms with van der Waals surface area (Å²) in [7, 11) is 4.02. The van der Waals surface area contributed by atoms with Crippen molar-refractivity contribution in [2.45, 2.75) is 6.92 Å². The van der Waals surface area contributed by atoms with Crippen LogP contribution in [0.1, 0.15) is 5.56 Å². The van der Waals surface area contributed by atoms with Gasteiger partial charge in [-0.15, -0.1) is 0 Å². The molecule has 0 unspecified atom stereocenters. The second-order valence-corrected chi connectivity index (χ2v) is 5.51. The van der Waals surface area contributed by atoms with Crippen molar-refractivity contribution in [1.29, 1.82) is 0 Å². The maximum atomic E-state index is 4.36. The quantitative estimate of drug-likeness (QED) is 0.715. The van der Waals surface area contributed by atoms with E-state index >= 15 is 0 Å². The molecule has 23 heavy (non-hydrogen) atoms. The van der Waals surface area contributed by atoms with Gasteiger partial charge in [0.1, 0.15) is 20.0 Å². The van der Waals surface area contributed by atoms with Gasteiger partial charge in [-0.05, 0) is 18.6 Å². The van der Waals surface area contributed by atoms with Crippen LogP contribution in [-0.4, -0.2) is 25.8 Å². The van der Waals surface area contributed by atoms with Crippen LogP contribution in [0.2, 0.25) is 0 Å². The molecule has 0 bridgehead atoms. The summed E-state index contributed by atoms with van der Waals surface area (Å²) in [5.74, 6) is 0.785. The third-order valence-corrected chi connectivity index (χ3v) is 3.84. The molecule has 0 saturated heterocycles. The molecule has 1 heterocycles. The lowest BCUT2D eigenvalue weighted by Crippen LogP contribution is -2.12. The van der Waals surface area contributed by atoms with Crippen molar-refractivity contribution < 1.29 is 0 Å². The molecule has 4 nitrogen and oxygen atoms in total. The highest BCUT2D eigenvalue weighted by atomic mass is 15.0. The zero-order valence-electron chi connectivity index (χ0n) is 13.6. The average Bonchev–Trinajstić information content (AvgIpc) is 2.58. The molecule has 0 atom stereocenters. The Kier molecular flexibility index (Phi) is 4.33. The molecule has 2 N–H and O–H groups in total. The number of aromatic nitrogens is 2. The SMILES string of the molecule is BNc1cc(Nc2cc(-c3ccccc3)ncn2)c(B)cc1C. The zero-order chi connectivity index (χ0) is 16.2. The number of aryl methyl sites for hydroxylation is 1. The Bertz CT molecular complexity index is 822. The van der Waals surface area contributed by atoms with Crippen LogP contribution in [0.4, 0.5) is 17.2 Å². The van der Waals surface area contributed by atoms with E-state index in [1.165, 1.54) is 11.0 Å². The van der Waals surface area contributed by atoms with E-state index in [-0.39, 0.29) is 0 Å². The predicted octanol–water partition coefficient (Wildman–Crippen LogP) is 1.41. The maximum absolute atomic E-state index is 4.36. The minimum absolute atomic E-state index is 0.785. The predicted molar refractivity (Wildman–Crippen MR) is 102 cm³/mol. The second kappa shape index (κ2) is 6.57. The first kappa shape index (κ1) is 15.2. The van der Waals surface area contributed by atoms with E-state index in [9.17, 15) is 0 Å². The molecule has 0 spiro atoms. The number of hydrogen-bond donors (Lipinski definition) is 2. The lowest BCUT2D eigenvalue weighted by atomic mass is 9.91. The highest BCUT2D eigenvalue weighted by molar-refractivity contribution is 6.36. The van der Waals surface area contributed by atoms with Gasteiger partial charge >= 0.3 is 0 Å². The second-order valence-electron chi connectivity index (χ2n) is 5.51. The molecule has 3 rings (SSSR count). The Hall–Kier alpha value is -2.75. The van der Waals surface area contributed by atoms with Crippen molar-refractivity contribution in [3.63, 3.8) is 0 Å². The molecule has 0 aliphatic rings. The van der Waals surface area contributed by atoms with Crippen LogP contribution in [0.3, 0.4) is 0 Å². The highest BCUT2D eigenvalue weighted by Gasteiger charge is 2.06. The Balaban J connectivity index is 1.92. The lowest BCUT2D eigenvalue weighted by Gasteiger charge is -2.14. The molecule has 0 saturated carbocycles. The van der Waals surface area contributed by atoms with Crippen molar-refractivity contribution in [3.8, 4) is 11.3 Å². The molecule has 0 aliphatic carbocycles. The average molecular weight is 300 g/mol.